The maximum absolute atomic E-state index is 11.9. The van der Waals surface area contributed by atoms with Crippen LogP contribution in [0, 0.1) is 5.92 Å². The number of hydrogen-bond donors (Lipinski definition) is 2. The smallest absolute Gasteiger partial charge is 0.220 e. The van der Waals surface area contributed by atoms with Crippen LogP contribution in [0.15, 0.2) is 11.4 Å². The molecule has 4 nitrogen and oxygen atoms in total. The Morgan fingerprint density at radius 3 is 3.33 bits per heavy atom. The van der Waals surface area contributed by atoms with Gasteiger partial charge in [0.25, 0.3) is 0 Å². The van der Waals surface area contributed by atoms with Gasteiger partial charge in [0.1, 0.15) is 0 Å². The summed E-state index contributed by atoms with van der Waals surface area (Å²) < 4.78 is 0. The first-order chi connectivity index (χ1) is 10.3. The van der Waals surface area contributed by atoms with E-state index < -0.39 is 0 Å². The minimum absolute atomic E-state index is 0.218. The molecule has 0 bridgehead atoms. The Morgan fingerprint density at radius 1 is 1.52 bits per heavy atom. The molecule has 1 aromatic rings. The average molecular weight is 307 g/mol. The van der Waals surface area contributed by atoms with Crippen LogP contribution in [0.2, 0.25) is 0 Å². The molecule has 0 saturated carbocycles. The third-order valence-electron chi connectivity index (χ3n) is 4.58. The van der Waals surface area contributed by atoms with E-state index in [9.17, 15) is 4.79 Å². The molecule has 21 heavy (non-hydrogen) atoms. The zero-order valence-electron chi connectivity index (χ0n) is 12.6. The second-order valence-electron chi connectivity index (χ2n) is 6.14. The first kappa shape index (κ1) is 15.0. The van der Waals surface area contributed by atoms with Gasteiger partial charge in [-0.15, -0.1) is 11.3 Å². The van der Waals surface area contributed by atoms with E-state index in [-0.39, 0.29) is 5.91 Å². The molecule has 5 heteroatoms. The van der Waals surface area contributed by atoms with Crippen molar-refractivity contribution in [2.75, 3.05) is 32.7 Å². The van der Waals surface area contributed by atoms with Gasteiger partial charge in [-0.05, 0) is 55.3 Å². The second-order valence-corrected chi connectivity index (χ2v) is 7.14. The van der Waals surface area contributed by atoms with Crippen molar-refractivity contribution >= 4 is 17.2 Å². The molecule has 1 fully saturated rings. The lowest BCUT2D eigenvalue weighted by Gasteiger charge is -2.26. The Bertz CT molecular complexity index is 468. The van der Waals surface area contributed by atoms with E-state index in [1.165, 1.54) is 12.0 Å². The van der Waals surface area contributed by atoms with Gasteiger partial charge in [-0.2, -0.15) is 0 Å². The van der Waals surface area contributed by atoms with Crippen LogP contribution < -0.4 is 10.6 Å². The van der Waals surface area contributed by atoms with Crippen LogP contribution in [-0.2, 0) is 17.8 Å². The molecular formula is C16H25N3OS. The number of rotatable bonds is 6. The standard InChI is InChI=1S/C16H25N3OS/c20-16(2-1-13-3-6-17-11-13)18-7-9-19-8-4-15-14(12-19)5-10-21-15/h5,10,13,17H,1-4,6-9,11-12H2,(H,18,20). The Kier molecular flexibility index (Phi) is 5.27. The number of fused-ring (bicyclic) bond motifs is 1. The SMILES string of the molecule is O=C(CCC1CCNC1)NCCN1CCc2sccc2C1. The van der Waals surface area contributed by atoms with Gasteiger partial charge in [-0.1, -0.05) is 0 Å². The van der Waals surface area contributed by atoms with Gasteiger partial charge in [-0.3, -0.25) is 9.69 Å². The summed E-state index contributed by atoms with van der Waals surface area (Å²) in [6.07, 6.45) is 4.10. The summed E-state index contributed by atoms with van der Waals surface area (Å²) in [4.78, 5) is 15.8. The lowest BCUT2D eigenvalue weighted by Crippen LogP contribution is -2.37. The fourth-order valence-corrected chi connectivity index (χ4v) is 4.13. The molecule has 0 spiro atoms. The predicted molar refractivity (Wildman–Crippen MR) is 86.5 cm³/mol. The fraction of sp³-hybridized carbons (Fsp3) is 0.688. The van der Waals surface area contributed by atoms with Crippen molar-refractivity contribution in [3.05, 3.63) is 21.9 Å². The average Bonchev–Trinajstić information content (AvgIpc) is 3.16. The number of nitrogens with one attached hydrogen (secondary N) is 2. The number of carbonyl (C=O) groups excluding carboxylic acids is 1. The summed E-state index contributed by atoms with van der Waals surface area (Å²) in [5, 5.41) is 8.61. The summed E-state index contributed by atoms with van der Waals surface area (Å²) in [7, 11) is 0. The summed E-state index contributed by atoms with van der Waals surface area (Å²) >= 11 is 1.87. The highest BCUT2D eigenvalue weighted by Crippen LogP contribution is 2.23. The molecule has 3 rings (SSSR count). The molecule has 0 aliphatic carbocycles. The van der Waals surface area contributed by atoms with E-state index in [2.05, 4.69) is 27.0 Å². The van der Waals surface area contributed by atoms with Gasteiger partial charge in [0.05, 0.1) is 0 Å². The zero-order valence-corrected chi connectivity index (χ0v) is 13.4. The van der Waals surface area contributed by atoms with Crippen molar-refractivity contribution in [1.82, 2.24) is 15.5 Å². The minimum Gasteiger partial charge on any atom is -0.355 e. The van der Waals surface area contributed by atoms with Gasteiger partial charge in [0.15, 0.2) is 0 Å². The number of amides is 1. The molecule has 2 aliphatic heterocycles. The highest BCUT2D eigenvalue weighted by Gasteiger charge is 2.17. The number of hydrogen-bond acceptors (Lipinski definition) is 4. The molecule has 2 N–H and O–H groups in total. The lowest BCUT2D eigenvalue weighted by atomic mass is 10.0. The summed E-state index contributed by atoms with van der Waals surface area (Å²) in [5.74, 6) is 0.921. The van der Waals surface area contributed by atoms with Crippen LogP contribution in [0.5, 0.6) is 0 Å². The molecular weight excluding hydrogens is 282 g/mol. The summed E-state index contributed by atoms with van der Waals surface area (Å²) in [5.41, 5.74) is 1.48. The first-order valence-corrected chi connectivity index (χ1v) is 8.94. The number of nitrogens with zero attached hydrogens (tertiary/aromatic N) is 1. The largest absolute Gasteiger partial charge is 0.355 e. The zero-order chi connectivity index (χ0) is 14.5. The fourth-order valence-electron chi connectivity index (χ4n) is 3.24. The van der Waals surface area contributed by atoms with Crippen molar-refractivity contribution in [3.8, 4) is 0 Å². The van der Waals surface area contributed by atoms with Crippen molar-refractivity contribution in [2.45, 2.75) is 32.2 Å². The third kappa shape index (κ3) is 4.28. The monoisotopic (exact) mass is 307 g/mol. The second kappa shape index (κ2) is 7.38. The minimum atomic E-state index is 0.218. The molecule has 0 radical (unpaired) electrons. The summed E-state index contributed by atoms with van der Waals surface area (Å²) in [6, 6.07) is 2.24. The third-order valence-corrected chi connectivity index (χ3v) is 5.60. The lowest BCUT2D eigenvalue weighted by molar-refractivity contribution is -0.121. The van der Waals surface area contributed by atoms with E-state index in [1.807, 2.05) is 11.3 Å². The normalized spacial score (nSPS) is 22.2. The van der Waals surface area contributed by atoms with E-state index in [1.54, 1.807) is 4.88 Å². The van der Waals surface area contributed by atoms with Crippen molar-refractivity contribution in [1.29, 1.82) is 0 Å². The van der Waals surface area contributed by atoms with Crippen molar-refractivity contribution in [2.24, 2.45) is 5.92 Å². The molecule has 0 aromatic carbocycles. The molecule has 116 valence electrons. The van der Waals surface area contributed by atoms with Gasteiger partial charge in [0, 0.05) is 37.5 Å². The molecule has 1 aromatic heterocycles. The molecule has 1 saturated heterocycles. The Balaban J connectivity index is 1.30. The van der Waals surface area contributed by atoms with Gasteiger partial charge in [-0.25, -0.2) is 0 Å². The first-order valence-electron chi connectivity index (χ1n) is 8.06. The van der Waals surface area contributed by atoms with Crippen LogP contribution in [0.1, 0.15) is 29.7 Å². The van der Waals surface area contributed by atoms with Crippen molar-refractivity contribution in [3.63, 3.8) is 0 Å². The highest BCUT2D eigenvalue weighted by molar-refractivity contribution is 7.10. The van der Waals surface area contributed by atoms with E-state index >= 15 is 0 Å². The van der Waals surface area contributed by atoms with Crippen LogP contribution in [0.3, 0.4) is 0 Å². The van der Waals surface area contributed by atoms with Crippen LogP contribution in [-0.4, -0.2) is 43.5 Å². The molecule has 1 atom stereocenters. The molecule has 1 amide bonds. The quantitative estimate of drug-likeness (QED) is 0.839. The molecule has 1 unspecified atom stereocenters. The van der Waals surface area contributed by atoms with Gasteiger partial charge >= 0.3 is 0 Å². The highest BCUT2D eigenvalue weighted by atomic mass is 32.1. The molecule has 3 heterocycles. The summed E-state index contributed by atoms with van der Waals surface area (Å²) in [6.45, 7) is 6.11. The topological polar surface area (TPSA) is 44.4 Å². The maximum Gasteiger partial charge on any atom is 0.220 e. The Labute approximate surface area is 130 Å². The molecule has 2 aliphatic rings. The maximum atomic E-state index is 11.9. The Hall–Kier alpha value is -0.910. The van der Waals surface area contributed by atoms with E-state index in [0.29, 0.717) is 12.3 Å². The van der Waals surface area contributed by atoms with Crippen LogP contribution in [0.4, 0.5) is 0 Å². The predicted octanol–water partition coefficient (Wildman–Crippen LogP) is 1.61. The van der Waals surface area contributed by atoms with Crippen molar-refractivity contribution < 1.29 is 4.79 Å². The van der Waals surface area contributed by atoms with Crippen LogP contribution in [0.25, 0.3) is 0 Å². The number of carbonyl (C=O) groups is 1. The Morgan fingerprint density at radius 2 is 2.48 bits per heavy atom. The number of thiophene rings is 1. The van der Waals surface area contributed by atoms with E-state index in [4.69, 9.17) is 0 Å². The van der Waals surface area contributed by atoms with Gasteiger partial charge < -0.3 is 10.6 Å². The van der Waals surface area contributed by atoms with E-state index in [0.717, 1.165) is 52.1 Å². The van der Waals surface area contributed by atoms with Crippen LogP contribution >= 0.6 is 11.3 Å². The van der Waals surface area contributed by atoms with Gasteiger partial charge in [0.2, 0.25) is 5.91 Å².